The maximum atomic E-state index is 13.4. The molecule has 1 N–H and O–H groups in total. The molecule has 0 radical (unpaired) electrons. The number of anilines is 1. The molecule has 0 bridgehead atoms. The number of hydrogen-bond donors (Lipinski definition) is 1. The molecule has 1 amide bonds. The Morgan fingerprint density at radius 3 is 2.57 bits per heavy atom. The van der Waals surface area contributed by atoms with Gasteiger partial charge >= 0.3 is 6.36 Å². The predicted molar refractivity (Wildman–Crippen MR) is 78.9 cm³/mol. The number of hydrogen-bond acceptors (Lipinski definition) is 3. The SMILES string of the molecule is O=C(CSc1ccccc1F)Nc1cccc(OC(F)(F)F)c1. The lowest BCUT2D eigenvalue weighted by Crippen LogP contribution is -2.18. The molecule has 8 heteroatoms. The van der Waals surface area contributed by atoms with Crippen molar-refractivity contribution in [3.63, 3.8) is 0 Å². The van der Waals surface area contributed by atoms with Gasteiger partial charge in [-0.05, 0) is 24.3 Å². The standard InChI is InChI=1S/C15H11F4NO2S/c16-12-6-1-2-7-13(12)23-9-14(21)20-10-4-3-5-11(8-10)22-15(17,18)19/h1-8H,9H2,(H,20,21). The molecule has 0 saturated carbocycles. The van der Waals surface area contributed by atoms with Gasteiger partial charge in [-0.25, -0.2) is 4.39 Å². The summed E-state index contributed by atoms with van der Waals surface area (Å²) in [4.78, 5) is 12.1. The average molecular weight is 345 g/mol. The molecule has 23 heavy (non-hydrogen) atoms. The van der Waals surface area contributed by atoms with Crippen molar-refractivity contribution in [1.82, 2.24) is 0 Å². The second-order valence-corrected chi connectivity index (χ2v) is 5.36. The summed E-state index contributed by atoms with van der Waals surface area (Å²) in [6.45, 7) is 0. The van der Waals surface area contributed by atoms with Gasteiger partial charge in [0.25, 0.3) is 0 Å². The maximum absolute atomic E-state index is 13.4. The molecular formula is C15H11F4NO2S. The van der Waals surface area contributed by atoms with Gasteiger partial charge < -0.3 is 10.1 Å². The van der Waals surface area contributed by atoms with E-state index < -0.39 is 23.8 Å². The van der Waals surface area contributed by atoms with E-state index in [4.69, 9.17) is 0 Å². The van der Waals surface area contributed by atoms with Gasteiger partial charge in [0.15, 0.2) is 0 Å². The first-order valence-electron chi connectivity index (χ1n) is 6.36. The van der Waals surface area contributed by atoms with Crippen LogP contribution in [0.25, 0.3) is 0 Å². The van der Waals surface area contributed by atoms with E-state index in [0.717, 1.165) is 23.9 Å². The smallest absolute Gasteiger partial charge is 0.406 e. The summed E-state index contributed by atoms with van der Waals surface area (Å²) in [7, 11) is 0. The van der Waals surface area contributed by atoms with Crippen LogP contribution < -0.4 is 10.1 Å². The molecule has 0 aromatic heterocycles. The van der Waals surface area contributed by atoms with E-state index in [0.29, 0.717) is 4.90 Å². The van der Waals surface area contributed by atoms with Gasteiger partial charge in [0.1, 0.15) is 11.6 Å². The fraction of sp³-hybridized carbons (Fsp3) is 0.133. The van der Waals surface area contributed by atoms with Crippen LogP contribution >= 0.6 is 11.8 Å². The molecule has 3 nitrogen and oxygen atoms in total. The van der Waals surface area contributed by atoms with Crippen LogP contribution in [-0.4, -0.2) is 18.0 Å². The van der Waals surface area contributed by atoms with Crippen LogP contribution in [0, 0.1) is 5.82 Å². The van der Waals surface area contributed by atoms with Crippen molar-refractivity contribution in [2.24, 2.45) is 0 Å². The monoisotopic (exact) mass is 345 g/mol. The van der Waals surface area contributed by atoms with Gasteiger partial charge in [-0.3, -0.25) is 4.79 Å². The van der Waals surface area contributed by atoms with E-state index >= 15 is 0 Å². The Labute approximate surface area is 133 Å². The molecule has 2 rings (SSSR count). The molecule has 0 atom stereocenters. The van der Waals surface area contributed by atoms with Crippen LogP contribution in [-0.2, 0) is 4.79 Å². The first-order chi connectivity index (χ1) is 10.8. The van der Waals surface area contributed by atoms with Gasteiger partial charge in [-0.15, -0.1) is 24.9 Å². The van der Waals surface area contributed by atoms with Gasteiger partial charge in [0, 0.05) is 16.6 Å². The van der Waals surface area contributed by atoms with Crippen molar-refractivity contribution in [3.8, 4) is 5.75 Å². The Morgan fingerprint density at radius 2 is 1.87 bits per heavy atom. The van der Waals surface area contributed by atoms with Gasteiger partial charge in [-0.1, -0.05) is 18.2 Å². The largest absolute Gasteiger partial charge is 0.573 e. The quantitative estimate of drug-likeness (QED) is 0.642. The molecule has 0 aliphatic carbocycles. The van der Waals surface area contributed by atoms with E-state index in [1.165, 1.54) is 30.3 Å². The van der Waals surface area contributed by atoms with Crippen LogP contribution in [0.15, 0.2) is 53.4 Å². The molecule has 0 saturated heterocycles. The van der Waals surface area contributed by atoms with Crippen LogP contribution in [0.2, 0.25) is 0 Å². The summed E-state index contributed by atoms with van der Waals surface area (Å²) in [6.07, 6.45) is -4.80. The number of nitrogens with one attached hydrogen (secondary N) is 1. The average Bonchev–Trinajstić information content (AvgIpc) is 2.45. The lowest BCUT2D eigenvalue weighted by molar-refractivity contribution is -0.274. The predicted octanol–water partition coefficient (Wildman–Crippen LogP) is 4.46. The minimum Gasteiger partial charge on any atom is -0.406 e. The van der Waals surface area contributed by atoms with Crippen LogP contribution in [0.3, 0.4) is 0 Å². The lowest BCUT2D eigenvalue weighted by Gasteiger charge is -2.10. The van der Waals surface area contributed by atoms with E-state index in [-0.39, 0.29) is 11.4 Å². The molecule has 2 aromatic rings. The van der Waals surface area contributed by atoms with E-state index in [1.54, 1.807) is 6.07 Å². The maximum Gasteiger partial charge on any atom is 0.573 e. The fourth-order valence-electron chi connectivity index (χ4n) is 1.67. The summed E-state index contributed by atoms with van der Waals surface area (Å²) in [5, 5.41) is 2.43. The topological polar surface area (TPSA) is 38.3 Å². The third kappa shape index (κ3) is 5.82. The normalized spacial score (nSPS) is 11.1. The summed E-state index contributed by atoms with van der Waals surface area (Å²) in [5.41, 5.74) is 0.158. The zero-order valence-corrected chi connectivity index (χ0v) is 12.4. The number of carbonyl (C=O) groups excluding carboxylic acids is 1. The number of benzene rings is 2. The first kappa shape index (κ1) is 17.1. The minimum atomic E-state index is -4.80. The Morgan fingerprint density at radius 1 is 1.13 bits per heavy atom. The minimum absolute atomic E-state index is 0.0781. The third-order valence-electron chi connectivity index (χ3n) is 2.55. The second-order valence-electron chi connectivity index (χ2n) is 4.34. The number of amides is 1. The highest BCUT2D eigenvalue weighted by Crippen LogP contribution is 2.25. The third-order valence-corrected chi connectivity index (χ3v) is 3.60. The molecule has 0 aliphatic heterocycles. The molecular weight excluding hydrogens is 334 g/mol. The molecule has 0 heterocycles. The number of alkyl halides is 3. The Hall–Kier alpha value is -2.22. The van der Waals surface area contributed by atoms with Gasteiger partial charge in [0.05, 0.1) is 5.75 Å². The van der Waals surface area contributed by atoms with Crippen molar-refractivity contribution < 1.29 is 27.1 Å². The lowest BCUT2D eigenvalue weighted by atomic mass is 10.3. The van der Waals surface area contributed by atoms with Crippen LogP contribution in [0.5, 0.6) is 5.75 Å². The zero-order valence-electron chi connectivity index (χ0n) is 11.6. The van der Waals surface area contributed by atoms with Crippen molar-refractivity contribution in [3.05, 3.63) is 54.3 Å². The summed E-state index contributed by atoms with van der Waals surface area (Å²) >= 11 is 0.990. The Balaban J connectivity index is 1.93. The van der Waals surface area contributed by atoms with E-state index in [2.05, 4.69) is 10.1 Å². The molecule has 0 aliphatic rings. The van der Waals surface area contributed by atoms with Gasteiger partial charge in [0.2, 0.25) is 5.91 Å². The summed E-state index contributed by atoms with van der Waals surface area (Å²) < 4.78 is 53.6. The highest BCUT2D eigenvalue weighted by Gasteiger charge is 2.31. The fourth-order valence-corrected chi connectivity index (χ4v) is 2.41. The number of carbonyl (C=O) groups is 1. The first-order valence-corrected chi connectivity index (χ1v) is 7.35. The highest BCUT2D eigenvalue weighted by molar-refractivity contribution is 8.00. The van der Waals surface area contributed by atoms with Crippen molar-refractivity contribution in [2.45, 2.75) is 11.3 Å². The summed E-state index contributed by atoms with van der Waals surface area (Å²) in [5.74, 6) is -1.42. The van der Waals surface area contributed by atoms with Gasteiger partial charge in [-0.2, -0.15) is 0 Å². The van der Waals surface area contributed by atoms with Crippen molar-refractivity contribution in [1.29, 1.82) is 0 Å². The van der Waals surface area contributed by atoms with Crippen LogP contribution in [0.1, 0.15) is 0 Å². The van der Waals surface area contributed by atoms with E-state index in [1.807, 2.05) is 0 Å². The Kier molecular flexibility index (Phi) is 5.49. The molecule has 122 valence electrons. The number of thioether (sulfide) groups is 1. The molecule has 0 unspecified atom stereocenters. The number of ether oxygens (including phenoxy) is 1. The number of rotatable bonds is 5. The van der Waals surface area contributed by atoms with Crippen LogP contribution in [0.4, 0.5) is 23.2 Å². The van der Waals surface area contributed by atoms with Crippen molar-refractivity contribution >= 4 is 23.4 Å². The number of halogens is 4. The molecule has 0 fully saturated rings. The van der Waals surface area contributed by atoms with Crippen molar-refractivity contribution in [2.75, 3.05) is 11.1 Å². The molecule has 0 spiro atoms. The zero-order chi connectivity index (χ0) is 16.9. The van der Waals surface area contributed by atoms with E-state index in [9.17, 15) is 22.4 Å². The Bertz CT molecular complexity index is 691. The summed E-state index contributed by atoms with van der Waals surface area (Å²) in [6, 6.07) is 10.9. The molecule has 2 aromatic carbocycles. The second kappa shape index (κ2) is 7.36. The highest BCUT2D eigenvalue weighted by atomic mass is 32.2.